The molecule has 0 aromatic heterocycles. The van der Waals surface area contributed by atoms with Crippen molar-refractivity contribution in [2.24, 2.45) is 10.4 Å². The van der Waals surface area contributed by atoms with Crippen LogP contribution in [0.3, 0.4) is 0 Å². The highest BCUT2D eigenvalue weighted by Crippen LogP contribution is 2.39. The number of hydrogen-bond donors (Lipinski definition) is 3. The zero-order valence-electron chi connectivity index (χ0n) is 35.9. The normalized spacial score (nSPS) is 13.0. The number of nitrogens with zero attached hydrogens (tertiary/aromatic N) is 2. The number of nitrogens with one attached hydrogen (secondary N) is 3. The molecule has 58 heavy (non-hydrogen) atoms. The number of ether oxygens (including phenoxy) is 1. The first-order valence-electron chi connectivity index (χ1n) is 19.5. The summed E-state index contributed by atoms with van der Waals surface area (Å²) < 4.78 is 32.3. The quantitative estimate of drug-likeness (QED) is 0.0657. The summed E-state index contributed by atoms with van der Waals surface area (Å²) in [6.07, 6.45) is 2.54. The monoisotopic (exact) mass is 839 g/mol. The molecule has 0 spiro atoms. The molecule has 320 valence electrons. The lowest BCUT2D eigenvalue weighted by molar-refractivity contribution is -0.123. The van der Waals surface area contributed by atoms with E-state index in [2.05, 4.69) is 74.0 Å². The third-order valence-electron chi connectivity index (χ3n) is 10.5. The van der Waals surface area contributed by atoms with Crippen molar-refractivity contribution in [3.05, 3.63) is 76.3 Å². The summed E-state index contributed by atoms with van der Waals surface area (Å²) in [5.74, 6) is -0.966. The molecule has 2 amide bonds. The minimum absolute atomic E-state index is 0. The van der Waals surface area contributed by atoms with E-state index in [1.807, 2.05) is 30.9 Å². The van der Waals surface area contributed by atoms with Crippen LogP contribution in [-0.4, -0.2) is 57.3 Å². The predicted molar refractivity (Wildman–Crippen MR) is 242 cm³/mol. The Morgan fingerprint density at radius 1 is 0.862 bits per heavy atom. The van der Waals surface area contributed by atoms with Crippen molar-refractivity contribution >= 4 is 67.7 Å². The van der Waals surface area contributed by atoms with Crippen LogP contribution in [0.4, 0.5) is 22.7 Å². The second kappa shape index (κ2) is 20.1. The number of Topliss-reactive ketones (excluding diaryl/α,β-unsaturated/α-hetero) is 1. The second-order valence-electron chi connectivity index (χ2n) is 16.8. The SMILES string of the molecule is C.CCC(Oc1ccc(C(C)(C)CC)cc1C(C)(C)CC)C(=O)Nc1ccc(Cl)c(NC(=O)C(=Nc2ccc(N(CC)CNS(C)(=O)=O)cc2C)C(=O)C(C)(C)C)c1. The zero-order valence-corrected chi connectivity index (χ0v) is 37.5. The van der Waals surface area contributed by atoms with Gasteiger partial charge >= 0.3 is 0 Å². The van der Waals surface area contributed by atoms with Crippen LogP contribution in [0.5, 0.6) is 5.75 Å². The van der Waals surface area contributed by atoms with Gasteiger partial charge in [0, 0.05) is 28.9 Å². The van der Waals surface area contributed by atoms with Gasteiger partial charge in [-0.25, -0.2) is 13.4 Å². The maximum absolute atomic E-state index is 13.9. The number of aliphatic imine (C=N–C) groups is 1. The number of carbonyl (C=O) groups excluding carboxylic acids is 3. The first kappa shape index (κ1) is 49.9. The highest BCUT2D eigenvalue weighted by Gasteiger charge is 2.32. The summed E-state index contributed by atoms with van der Waals surface area (Å²) in [5, 5.41) is 5.85. The maximum atomic E-state index is 13.9. The summed E-state index contributed by atoms with van der Waals surface area (Å²) >= 11 is 6.55. The third-order valence-corrected chi connectivity index (χ3v) is 11.4. The Labute approximate surface area is 352 Å². The summed E-state index contributed by atoms with van der Waals surface area (Å²) in [6.45, 7) is 24.4. The van der Waals surface area contributed by atoms with Gasteiger partial charge in [-0.1, -0.05) is 100 Å². The Morgan fingerprint density at radius 3 is 2.03 bits per heavy atom. The first-order chi connectivity index (χ1) is 26.4. The van der Waals surface area contributed by atoms with E-state index in [9.17, 15) is 22.8 Å². The fourth-order valence-corrected chi connectivity index (χ4v) is 6.33. The van der Waals surface area contributed by atoms with Crippen LogP contribution in [0.1, 0.15) is 120 Å². The molecule has 0 aliphatic carbocycles. The van der Waals surface area contributed by atoms with Crippen LogP contribution in [0, 0.1) is 12.3 Å². The third kappa shape index (κ3) is 13.1. The Morgan fingerprint density at radius 2 is 1.50 bits per heavy atom. The standard InChI is InChI=1S/C44H62ClN5O6S.CH4/c1-14-36(56-37-23-18-29(43(9,10)15-2)25-32(37)44(11,12)16-3)40(52)47-30-19-21-33(45)35(26-30)49-41(53)38(39(51)42(6,7)8)48-34-22-20-31(24-28(34)5)50(17-4)27-46-57(13,54)55;/h18-26,36,46H,14-17,27H2,1-13H3,(H,47,52)(H,49,53);1H4. The Bertz CT molecular complexity index is 2090. The lowest BCUT2D eigenvalue weighted by Gasteiger charge is -2.31. The van der Waals surface area contributed by atoms with Gasteiger partial charge in [0.2, 0.25) is 10.0 Å². The van der Waals surface area contributed by atoms with Crippen LogP contribution in [0.25, 0.3) is 0 Å². The average molecular weight is 841 g/mol. The molecule has 3 rings (SSSR count). The van der Waals surface area contributed by atoms with Gasteiger partial charge in [0.05, 0.1) is 29.3 Å². The van der Waals surface area contributed by atoms with Crippen molar-refractivity contribution < 1.29 is 27.5 Å². The smallest absolute Gasteiger partial charge is 0.278 e. The van der Waals surface area contributed by atoms with Gasteiger partial charge in [-0.2, -0.15) is 4.72 Å². The van der Waals surface area contributed by atoms with Crippen molar-refractivity contribution in [1.82, 2.24) is 4.72 Å². The molecule has 0 saturated carbocycles. The van der Waals surface area contributed by atoms with Crippen LogP contribution in [0.15, 0.2) is 59.6 Å². The molecule has 11 nitrogen and oxygen atoms in total. The number of halogens is 1. The van der Waals surface area contributed by atoms with Gasteiger partial charge in [0.1, 0.15) is 5.75 Å². The largest absolute Gasteiger partial charge is 0.480 e. The lowest BCUT2D eigenvalue weighted by Crippen LogP contribution is -2.37. The fraction of sp³-hybridized carbons (Fsp3) is 0.511. The number of aryl methyl sites for hydroxylation is 1. The zero-order chi connectivity index (χ0) is 43.1. The van der Waals surface area contributed by atoms with Crippen molar-refractivity contribution in [2.45, 2.75) is 127 Å². The summed E-state index contributed by atoms with van der Waals surface area (Å²) in [4.78, 5) is 47.7. The van der Waals surface area contributed by atoms with E-state index in [0.29, 0.717) is 35.7 Å². The van der Waals surface area contributed by atoms with Gasteiger partial charge in [0.15, 0.2) is 17.6 Å². The van der Waals surface area contributed by atoms with E-state index in [0.717, 1.165) is 30.3 Å². The molecule has 1 unspecified atom stereocenters. The topological polar surface area (TPSA) is 146 Å². The minimum Gasteiger partial charge on any atom is -0.480 e. The molecule has 0 bridgehead atoms. The van der Waals surface area contributed by atoms with E-state index in [1.165, 1.54) is 11.6 Å². The van der Waals surface area contributed by atoms with Gasteiger partial charge in [-0.05, 0) is 97.5 Å². The van der Waals surface area contributed by atoms with Crippen LogP contribution >= 0.6 is 11.6 Å². The highest BCUT2D eigenvalue weighted by molar-refractivity contribution is 7.88. The second-order valence-corrected chi connectivity index (χ2v) is 19.0. The number of rotatable bonds is 18. The summed E-state index contributed by atoms with van der Waals surface area (Å²) in [7, 11) is -3.40. The highest BCUT2D eigenvalue weighted by atomic mass is 35.5. The van der Waals surface area contributed by atoms with Crippen molar-refractivity contribution in [2.75, 3.05) is 35.0 Å². The Balaban J connectivity index is 0.0000116. The van der Waals surface area contributed by atoms with Crippen molar-refractivity contribution in [1.29, 1.82) is 0 Å². The average Bonchev–Trinajstić information content (AvgIpc) is 3.13. The maximum Gasteiger partial charge on any atom is 0.278 e. The molecule has 0 fully saturated rings. The van der Waals surface area contributed by atoms with Crippen molar-refractivity contribution in [3.8, 4) is 5.75 Å². The number of hydrogen-bond acceptors (Lipinski definition) is 8. The molecule has 0 aliphatic heterocycles. The van der Waals surface area contributed by atoms with E-state index in [1.54, 1.807) is 52.0 Å². The minimum atomic E-state index is -3.40. The Hall–Kier alpha value is -4.26. The van der Waals surface area contributed by atoms with Gasteiger partial charge in [-0.15, -0.1) is 0 Å². The number of benzene rings is 3. The molecule has 3 N–H and O–H groups in total. The number of ketones is 1. The fourth-order valence-electron chi connectivity index (χ4n) is 5.78. The molecule has 0 radical (unpaired) electrons. The van der Waals surface area contributed by atoms with Crippen molar-refractivity contribution in [3.63, 3.8) is 0 Å². The predicted octanol–water partition coefficient (Wildman–Crippen LogP) is 10.1. The van der Waals surface area contributed by atoms with Gasteiger partial charge < -0.3 is 20.3 Å². The van der Waals surface area contributed by atoms with Crippen LogP contribution in [-0.2, 0) is 35.2 Å². The lowest BCUT2D eigenvalue weighted by atomic mass is 9.76. The molecule has 0 aliphatic rings. The van der Waals surface area contributed by atoms with Crippen LogP contribution < -0.4 is 25.0 Å². The number of sulfonamides is 1. The van der Waals surface area contributed by atoms with E-state index < -0.39 is 33.2 Å². The van der Waals surface area contributed by atoms with E-state index in [4.69, 9.17) is 16.3 Å². The van der Waals surface area contributed by atoms with Gasteiger partial charge in [0.25, 0.3) is 11.8 Å². The molecule has 0 saturated heterocycles. The molecule has 3 aromatic rings. The molecular formula is C45H66ClN5O6S. The number of anilines is 3. The Kier molecular flexibility index (Phi) is 17.3. The molecule has 13 heteroatoms. The summed E-state index contributed by atoms with van der Waals surface area (Å²) in [6, 6.07) is 16.2. The van der Waals surface area contributed by atoms with E-state index in [-0.39, 0.29) is 47.3 Å². The molecule has 1 atom stereocenters. The summed E-state index contributed by atoms with van der Waals surface area (Å²) in [5.41, 5.74) is 3.11. The molecule has 0 heterocycles. The number of carbonyl (C=O) groups is 3. The first-order valence-corrected chi connectivity index (χ1v) is 21.8. The molecular weight excluding hydrogens is 774 g/mol. The van der Waals surface area contributed by atoms with Gasteiger partial charge in [-0.3, -0.25) is 14.4 Å². The van der Waals surface area contributed by atoms with E-state index >= 15 is 0 Å². The molecule has 3 aromatic carbocycles. The number of amides is 2. The van der Waals surface area contributed by atoms with Crippen LogP contribution in [0.2, 0.25) is 5.02 Å².